The van der Waals surface area contributed by atoms with Crippen molar-refractivity contribution in [3.8, 4) is 5.88 Å². The molecule has 0 atom stereocenters. The maximum absolute atomic E-state index is 10.5. The molecule has 1 aromatic rings. The van der Waals surface area contributed by atoms with Gasteiger partial charge in [0.2, 0.25) is 5.88 Å². The molecule has 0 spiro atoms. The molecule has 0 unspecified atom stereocenters. The number of hydrogen-bond donors (Lipinski definition) is 1. The first-order valence-electron chi connectivity index (χ1n) is 3.13. The summed E-state index contributed by atoms with van der Waals surface area (Å²) in [4.78, 5) is 3.68. The first-order valence-corrected chi connectivity index (χ1v) is 4.60. The van der Waals surface area contributed by atoms with Gasteiger partial charge < -0.3 is 4.18 Å². The third-order valence-corrected chi connectivity index (χ3v) is 1.55. The van der Waals surface area contributed by atoms with Crippen molar-refractivity contribution >= 4 is 10.3 Å². The van der Waals surface area contributed by atoms with E-state index in [0.29, 0.717) is 5.56 Å². The molecule has 0 saturated carbocycles. The highest BCUT2D eigenvalue weighted by molar-refractivity contribution is 7.84. The van der Waals surface area contributed by atoms with Crippen LogP contribution in [-0.4, -0.2) is 13.4 Å². The Morgan fingerprint density at radius 3 is 2.75 bits per heavy atom. The second-order valence-electron chi connectivity index (χ2n) is 2.20. The summed E-state index contributed by atoms with van der Waals surface area (Å²) in [7, 11) is -3.96. The number of aromatic nitrogens is 1. The van der Waals surface area contributed by atoms with Gasteiger partial charge in [0.1, 0.15) is 0 Å². The highest BCUT2D eigenvalue weighted by Gasteiger charge is 2.07. The van der Waals surface area contributed by atoms with Crippen LogP contribution >= 0.6 is 0 Å². The Kier molecular flexibility index (Phi) is 2.30. The van der Waals surface area contributed by atoms with Crippen LogP contribution in [0.25, 0.3) is 0 Å². The zero-order valence-corrected chi connectivity index (χ0v) is 7.21. The molecule has 0 amide bonds. The van der Waals surface area contributed by atoms with Crippen LogP contribution in [0.4, 0.5) is 0 Å². The number of nitrogens with zero attached hydrogens (tertiary/aromatic N) is 1. The average molecular weight is 188 g/mol. The molecule has 0 fully saturated rings. The third kappa shape index (κ3) is 2.48. The lowest BCUT2D eigenvalue weighted by Crippen LogP contribution is -2.19. The van der Waals surface area contributed by atoms with E-state index in [2.05, 4.69) is 14.3 Å². The second-order valence-corrected chi connectivity index (χ2v) is 3.35. The van der Waals surface area contributed by atoms with Crippen LogP contribution in [0.15, 0.2) is 18.3 Å². The molecule has 0 aliphatic carbocycles. The standard InChI is InChI=1S/C6H8N2O3S/c1-5-3-2-4-8-6(5)11-12(7,9)10/h2-4H,1H3,(H2,7,9,10). The molecule has 1 aromatic heterocycles. The van der Waals surface area contributed by atoms with Crippen molar-refractivity contribution in [1.29, 1.82) is 0 Å². The van der Waals surface area contributed by atoms with Gasteiger partial charge >= 0.3 is 10.3 Å². The maximum atomic E-state index is 10.5. The summed E-state index contributed by atoms with van der Waals surface area (Å²) in [6.07, 6.45) is 1.42. The van der Waals surface area contributed by atoms with Crippen LogP contribution < -0.4 is 9.32 Å². The molecular weight excluding hydrogens is 180 g/mol. The van der Waals surface area contributed by atoms with E-state index >= 15 is 0 Å². The van der Waals surface area contributed by atoms with Gasteiger partial charge in [-0.1, -0.05) is 6.07 Å². The van der Waals surface area contributed by atoms with Gasteiger partial charge in [0, 0.05) is 11.8 Å². The minimum Gasteiger partial charge on any atom is -0.350 e. The van der Waals surface area contributed by atoms with E-state index in [1.54, 1.807) is 19.1 Å². The molecule has 1 heterocycles. The first-order chi connectivity index (χ1) is 5.49. The smallest absolute Gasteiger partial charge is 0.350 e. The molecule has 0 aliphatic rings. The molecule has 0 radical (unpaired) electrons. The first kappa shape index (κ1) is 8.95. The molecule has 0 aliphatic heterocycles. The number of nitrogens with two attached hydrogens (primary N) is 1. The van der Waals surface area contributed by atoms with E-state index in [1.807, 2.05) is 0 Å². The fraction of sp³-hybridized carbons (Fsp3) is 0.167. The van der Waals surface area contributed by atoms with Crippen LogP contribution in [0.5, 0.6) is 5.88 Å². The zero-order valence-electron chi connectivity index (χ0n) is 6.39. The molecule has 5 nitrogen and oxygen atoms in total. The van der Waals surface area contributed by atoms with Gasteiger partial charge in [-0.05, 0) is 13.0 Å². The van der Waals surface area contributed by atoms with Crippen molar-refractivity contribution in [3.05, 3.63) is 23.9 Å². The van der Waals surface area contributed by atoms with Gasteiger partial charge in [0.25, 0.3) is 0 Å². The van der Waals surface area contributed by atoms with Crippen molar-refractivity contribution < 1.29 is 12.6 Å². The molecule has 66 valence electrons. The van der Waals surface area contributed by atoms with Gasteiger partial charge in [-0.15, -0.1) is 0 Å². The minimum atomic E-state index is -3.96. The molecule has 1 rings (SSSR count). The number of rotatable bonds is 2. The number of aryl methyl sites for hydroxylation is 1. The van der Waals surface area contributed by atoms with Crippen LogP contribution in [0, 0.1) is 6.92 Å². The molecular formula is C6H8N2O3S. The Morgan fingerprint density at radius 1 is 1.58 bits per heavy atom. The highest BCUT2D eigenvalue weighted by atomic mass is 32.2. The lowest BCUT2D eigenvalue weighted by atomic mass is 10.3. The van der Waals surface area contributed by atoms with Crippen LogP contribution in [0.2, 0.25) is 0 Å². The maximum Gasteiger partial charge on any atom is 0.381 e. The summed E-state index contributed by atoms with van der Waals surface area (Å²) in [6, 6.07) is 3.35. The van der Waals surface area contributed by atoms with Crippen molar-refractivity contribution in [3.63, 3.8) is 0 Å². The minimum absolute atomic E-state index is 0.0139. The Balaban J connectivity index is 2.98. The lowest BCUT2D eigenvalue weighted by Gasteiger charge is -2.02. The number of pyridine rings is 1. The largest absolute Gasteiger partial charge is 0.381 e. The summed E-state index contributed by atoms with van der Waals surface area (Å²) in [6.45, 7) is 1.67. The Bertz CT molecular complexity index is 374. The summed E-state index contributed by atoms with van der Waals surface area (Å²) < 4.78 is 25.3. The van der Waals surface area contributed by atoms with E-state index in [9.17, 15) is 8.42 Å². The molecule has 12 heavy (non-hydrogen) atoms. The van der Waals surface area contributed by atoms with E-state index in [0.717, 1.165) is 0 Å². The van der Waals surface area contributed by atoms with Gasteiger partial charge in [-0.2, -0.15) is 13.6 Å². The number of hydrogen-bond acceptors (Lipinski definition) is 4. The summed E-state index contributed by atoms with van der Waals surface area (Å²) in [5.74, 6) is 0.0139. The van der Waals surface area contributed by atoms with E-state index in [4.69, 9.17) is 0 Å². The SMILES string of the molecule is Cc1cccnc1OS(N)(=O)=O. The second kappa shape index (κ2) is 3.08. The van der Waals surface area contributed by atoms with E-state index < -0.39 is 10.3 Å². The Morgan fingerprint density at radius 2 is 2.25 bits per heavy atom. The monoisotopic (exact) mass is 188 g/mol. The van der Waals surface area contributed by atoms with Crippen LogP contribution in [0.3, 0.4) is 0 Å². The predicted molar refractivity (Wildman–Crippen MR) is 42.7 cm³/mol. The molecule has 0 saturated heterocycles. The van der Waals surface area contributed by atoms with Crippen molar-refractivity contribution in [1.82, 2.24) is 4.98 Å². The topological polar surface area (TPSA) is 82.3 Å². The lowest BCUT2D eigenvalue weighted by molar-refractivity contribution is 0.475. The van der Waals surface area contributed by atoms with Crippen molar-refractivity contribution in [2.45, 2.75) is 6.92 Å². The van der Waals surface area contributed by atoms with Gasteiger partial charge in [-0.3, -0.25) is 0 Å². The third-order valence-electron chi connectivity index (χ3n) is 1.16. The van der Waals surface area contributed by atoms with Crippen molar-refractivity contribution in [2.75, 3.05) is 0 Å². The molecule has 0 bridgehead atoms. The van der Waals surface area contributed by atoms with Gasteiger partial charge in [0.05, 0.1) is 0 Å². The van der Waals surface area contributed by atoms with Crippen LogP contribution in [0.1, 0.15) is 5.56 Å². The summed E-state index contributed by atoms with van der Waals surface area (Å²) in [5, 5.41) is 4.65. The fourth-order valence-corrected chi connectivity index (χ4v) is 1.06. The Labute approximate surface area is 70.4 Å². The van der Waals surface area contributed by atoms with E-state index in [-0.39, 0.29) is 5.88 Å². The zero-order chi connectivity index (χ0) is 9.19. The van der Waals surface area contributed by atoms with Crippen molar-refractivity contribution in [2.24, 2.45) is 5.14 Å². The van der Waals surface area contributed by atoms with Gasteiger partial charge in [-0.25, -0.2) is 4.98 Å². The normalized spacial score (nSPS) is 11.2. The Hall–Kier alpha value is -1.14. The highest BCUT2D eigenvalue weighted by Crippen LogP contribution is 2.12. The van der Waals surface area contributed by atoms with Gasteiger partial charge in [0.15, 0.2) is 0 Å². The average Bonchev–Trinajstić information content (AvgIpc) is 1.91. The predicted octanol–water partition coefficient (Wildman–Crippen LogP) is -0.0277. The molecule has 2 N–H and O–H groups in total. The van der Waals surface area contributed by atoms with E-state index in [1.165, 1.54) is 6.20 Å². The van der Waals surface area contributed by atoms with Crippen LogP contribution in [-0.2, 0) is 10.3 Å². The summed E-state index contributed by atoms with van der Waals surface area (Å²) in [5.41, 5.74) is 0.617. The molecule has 6 heteroatoms. The molecule has 0 aromatic carbocycles. The summed E-state index contributed by atoms with van der Waals surface area (Å²) >= 11 is 0. The quantitative estimate of drug-likeness (QED) is 0.706. The fourth-order valence-electron chi connectivity index (χ4n) is 0.668.